The Kier molecular flexibility index (Phi) is 4.07. The summed E-state index contributed by atoms with van der Waals surface area (Å²) >= 11 is 0. The Labute approximate surface area is 108 Å². The monoisotopic (exact) mass is 270 g/mol. The smallest absolute Gasteiger partial charge is 0.334 e. The van der Waals surface area contributed by atoms with Crippen LogP contribution in [0.5, 0.6) is 0 Å². The number of amides is 1. The van der Waals surface area contributed by atoms with Crippen molar-refractivity contribution in [3.8, 4) is 0 Å². The lowest BCUT2D eigenvalue weighted by Gasteiger charge is -2.05. The molecule has 0 aromatic carbocycles. The summed E-state index contributed by atoms with van der Waals surface area (Å²) in [7, 11) is 0. The molecule has 0 saturated carbocycles. The van der Waals surface area contributed by atoms with E-state index in [1.165, 1.54) is 0 Å². The van der Waals surface area contributed by atoms with E-state index in [1.807, 2.05) is 0 Å². The highest BCUT2D eigenvalue weighted by Crippen LogP contribution is 2.20. The number of rotatable bonds is 5. The summed E-state index contributed by atoms with van der Waals surface area (Å²) in [6.07, 6.45) is 0.201. The van der Waals surface area contributed by atoms with Crippen molar-refractivity contribution in [1.82, 2.24) is 20.8 Å². The van der Waals surface area contributed by atoms with Gasteiger partial charge in [0.1, 0.15) is 0 Å². The van der Waals surface area contributed by atoms with Crippen LogP contribution >= 0.6 is 0 Å². The minimum atomic E-state index is -1.66. The number of carboxylic acids is 1. The molecule has 9 nitrogen and oxygen atoms in total. The van der Waals surface area contributed by atoms with E-state index in [0.717, 1.165) is 19.4 Å². The van der Waals surface area contributed by atoms with Crippen molar-refractivity contribution in [2.45, 2.75) is 25.0 Å². The summed E-state index contributed by atoms with van der Waals surface area (Å²) < 4.78 is 4.96. The molecule has 104 valence electrons. The summed E-state index contributed by atoms with van der Waals surface area (Å²) in [5.41, 5.74) is 0. The van der Waals surface area contributed by atoms with Crippen LogP contribution in [0.15, 0.2) is 4.52 Å². The summed E-state index contributed by atoms with van der Waals surface area (Å²) in [5.74, 6) is -1.94. The highest BCUT2D eigenvalue weighted by atomic mass is 16.5. The molecule has 1 aromatic heterocycles. The number of hydrogen-bond donors (Lipinski definition) is 4. The van der Waals surface area contributed by atoms with Crippen molar-refractivity contribution in [3.05, 3.63) is 11.7 Å². The fourth-order valence-corrected chi connectivity index (χ4v) is 1.72. The number of hydrogen-bond acceptors (Lipinski definition) is 7. The number of carboxylic acid groups (broad SMARTS) is 1. The highest BCUT2D eigenvalue weighted by molar-refractivity contribution is 5.90. The fourth-order valence-electron chi connectivity index (χ4n) is 1.72. The predicted octanol–water partition coefficient (Wildman–Crippen LogP) is -1.33. The number of nitrogens with zero attached hydrogens (tertiary/aromatic N) is 2. The molecule has 2 heterocycles. The second kappa shape index (κ2) is 5.76. The third-order valence-electron chi connectivity index (χ3n) is 2.74. The summed E-state index contributed by atoms with van der Waals surface area (Å²) in [5, 5.41) is 26.3. The lowest BCUT2D eigenvalue weighted by Crippen LogP contribution is -2.36. The first kappa shape index (κ1) is 13.4. The number of aliphatic hydroxyl groups excluding tert-OH is 1. The summed E-state index contributed by atoms with van der Waals surface area (Å²) in [6.45, 7) is 0.444. The van der Waals surface area contributed by atoms with E-state index in [1.54, 1.807) is 0 Å². The van der Waals surface area contributed by atoms with Crippen LogP contribution in [0, 0.1) is 0 Å². The number of carbonyl (C=O) groups is 2. The van der Waals surface area contributed by atoms with Crippen LogP contribution in [0.4, 0.5) is 0 Å². The largest absolute Gasteiger partial charge is 0.479 e. The number of aliphatic carboxylic acids is 1. The van der Waals surface area contributed by atoms with Gasteiger partial charge in [0.15, 0.2) is 6.10 Å². The first-order valence-electron chi connectivity index (χ1n) is 5.84. The Morgan fingerprint density at radius 1 is 1.58 bits per heavy atom. The molecule has 0 radical (unpaired) electrons. The van der Waals surface area contributed by atoms with E-state index in [4.69, 9.17) is 14.7 Å². The minimum absolute atomic E-state index is 0.0429. The molecule has 9 heteroatoms. The second-order valence-electron chi connectivity index (χ2n) is 4.17. The molecule has 0 bridgehead atoms. The maximum atomic E-state index is 11.6. The SMILES string of the molecule is O=C(NC[C@H](O)C(=O)O)c1noc(C2CCCN2)n1. The Balaban J connectivity index is 1.90. The van der Waals surface area contributed by atoms with Gasteiger partial charge in [0.2, 0.25) is 5.89 Å². The average Bonchev–Trinajstić information content (AvgIpc) is 3.04. The Morgan fingerprint density at radius 3 is 3.00 bits per heavy atom. The van der Waals surface area contributed by atoms with Gasteiger partial charge in [-0.25, -0.2) is 4.79 Å². The van der Waals surface area contributed by atoms with Crippen molar-refractivity contribution in [1.29, 1.82) is 0 Å². The number of aliphatic hydroxyl groups is 1. The third kappa shape index (κ3) is 3.26. The topological polar surface area (TPSA) is 138 Å². The van der Waals surface area contributed by atoms with Crippen molar-refractivity contribution >= 4 is 11.9 Å². The molecule has 4 N–H and O–H groups in total. The van der Waals surface area contributed by atoms with Gasteiger partial charge < -0.3 is 25.4 Å². The Bertz CT molecular complexity index is 468. The van der Waals surface area contributed by atoms with E-state index in [2.05, 4.69) is 20.8 Å². The van der Waals surface area contributed by atoms with Gasteiger partial charge in [0.05, 0.1) is 12.6 Å². The minimum Gasteiger partial charge on any atom is -0.479 e. The molecule has 2 atom stereocenters. The van der Waals surface area contributed by atoms with Gasteiger partial charge in [-0.1, -0.05) is 5.16 Å². The van der Waals surface area contributed by atoms with E-state index in [0.29, 0.717) is 5.89 Å². The fraction of sp³-hybridized carbons (Fsp3) is 0.600. The van der Waals surface area contributed by atoms with Gasteiger partial charge in [0.25, 0.3) is 11.7 Å². The van der Waals surface area contributed by atoms with E-state index in [-0.39, 0.29) is 11.9 Å². The zero-order valence-corrected chi connectivity index (χ0v) is 10.00. The van der Waals surface area contributed by atoms with Crippen LogP contribution in [-0.4, -0.2) is 51.4 Å². The summed E-state index contributed by atoms with van der Waals surface area (Å²) in [6, 6.07) is -0.0429. The first-order chi connectivity index (χ1) is 9.08. The van der Waals surface area contributed by atoms with E-state index < -0.39 is 24.5 Å². The van der Waals surface area contributed by atoms with Crippen molar-refractivity contribution in [2.75, 3.05) is 13.1 Å². The molecular formula is C10H14N4O5. The van der Waals surface area contributed by atoms with Crippen LogP contribution in [0.1, 0.15) is 35.4 Å². The predicted molar refractivity (Wildman–Crippen MR) is 60.3 cm³/mol. The molecule has 19 heavy (non-hydrogen) atoms. The van der Waals surface area contributed by atoms with Crippen LogP contribution in [0.3, 0.4) is 0 Å². The molecular weight excluding hydrogens is 256 g/mol. The molecule has 0 aliphatic carbocycles. The van der Waals surface area contributed by atoms with E-state index in [9.17, 15) is 9.59 Å². The van der Waals surface area contributed by atoms with Gasteiger partial charge in [-0.05, 0) is 19.4 Å². The van der Waals surface area contributed by atoms with Crippen molar-refractivity contribution < 1.29 is 24.3 Å². The van der Waals surface area contributed by atoms with Gasteiger partial charge in [0, 0.05) is 0 Å². The van der Waals surface area contributed by atoms with Gasteiger partial charge in [-0.3, -0.25) is 4.79 Å². The standard InChI is InChI=1S/C10H14N4O5/c15-6(10(17)18)4-12-8(16)7-13-9(19-14-7)5-2-1-3-11-5/h5-6,11,15H,1-4H2,(H,12,16)(H,17,18)/t5?,6-/m0/s1. The van der Waals surface area contributed by atoms with Crippen LogP contribution < -0.4 is 10.6 Å². The van der Waals surface area contributed by atoms with E-state index >= 15 is 0 Å². The highest BCUT2D eigenvalue weighted by Gasteiger charge is 2.24. The molecule has 2 rings (SSSR count). The third-order valence-corrected chi connectivity index (χ3v) is 2.74. The zero-order valence-electron chi connectivity index (χ0n) is 10.00. The van der Waals surface area contributed by atoms with Gasteiger partial charge in [-0.15, -0.1) is 0 Å². The molecule has 1 aromatic rings. The summed E-state index contributed by atoms with van der Waals surface area (Å²) in [4.78, 5) is 25.9. The average molecular weight is 270 g/mol. The van der Waals surface area contributed by atoms with Gasteiger partial charge in [-0.2, -0.15) is 4.98 Å². The molecule has 1 unspecified atom stereocenters. The second-order valence-corrected chi connectivity index (χ2v) is 4.17. The normalized spacial score (nSPS) is 20.2. The first-order valence-corrected chi connectivity index (χ1v) is 5.84. The maximum absolute atomic E-state index is 11.6. The van der Waals surface area contributed by atoms with Gasteiger partial charge >= 0.3 is 5.97 Å². The maximum Gasteiger partial charge on any atom is 0.334 e. The Morgan fingerprint density at radius 2 is 2.37 bits per heavy atom. The molecule has 1 aliphatic rings. The van der Waals surface area contributed by atoms with Crippen molar-refractivity contribution in [3.63, 3.8) is 0 Å². The Hall–Kier alpha value is -2.00. The lowest BCUT2D eigenvalue weighted by molar-refractivity contribution is -0.146. The number of nitrogens with one attached hydrogen (secondary N) is 2. The molecule has 1 amide bonds. The molecule has 1 aliphatic heterocycles. The molecule has 1 saturated heterocycles. The molecule has 0 spiro atoms. The van der Waals surface area contributed by atoms with Crippen LogP contribution in [0.2, 0.25) is 0 Å². The lowest BCUT2D eigenvalue weighted by atomic mass is 10.2. The number of carbonyl (C=O) groups excluding carboxylic acids is 1. The quantitative estimate of drug-likeness (QED) is 0.516. The molecule has 1 fully saturated rings. The zero-order chi connectivity index (χ0) is 13.8. The number of aromatic nitrogens is 2. The van der Waals surface area contributed by atoms with Crippen LogP contribution in [0.25, 0.3) is 0 Å². The van der Waals surface area contributed by atoms with Crippen molar-refractivity contribution in [2.24, 2.45) is 0 Å². The van der Waals surface area contributed by atoms with Crippen LogP contribution in [-0.2, 0) is 4.79 Å².